The van der Waals surface area contributed by atoms with Gasteiger partial charge in [-0.15, -0.1) is 0 Å². The number of halogens is 3. The number of nitriles is 1. The highest BCUT2D eigenvalue weighted by molar-refractivity contribution is 5.53. The summed E-state index contributed by atoms with van der Waals surface area (Å²) in [7, 11) is 0. The van der Waals surface area contributed by atoms with Gasteiger partial charge in [0.1, 0.15) is 0 Å². The van der Waals surface area contributed by atoms with Crippen LogP contribution in [0.15, 0.2) is 18.2 Å². The van der Waals surface area contributed by atoms with Crippen molar-refractivity contribution in [2.75, 3.05) is 5.32 Å². The highest BCUT2D eigenvalue weighted by Crippen LogP contribution is 2.33. The molecule has 0 radical (unpaired) electrons. The molecule has 1 aromatic carbocycles. The van der Waals surface area contributed by atoms with Gasteiger partial charge in [0.15, 0.2) is 0 Å². The average Bonchev–Trinajstić information content (AvgIpc) is 2.34. The number of anilines is 1. The maximum atomic E-state index is 12.8. The fourth-order valence-corrected chi connectivity index (χ4v) is 1.92. The van der Waals surface area contributed by atoms with E-state index in [2.05, 4.69) is 5.32 Å². The molecule has 0 spiro atoms. The van der Waals surface area contributed by atoms with E-state index < -0.39 is 11.7 Å². The van der Waals surface area contributed by atoms with E-state index in [1.807, 2.05) is 20.8 Å². The second-order valence-electron chi connectivity index (χ2n) is 4.77. The Kier molecular flexibility index (Phi) is 4.82. The maximum Gasteiger partial charge on any atom is 0.417 e. The number of rotatable bonds is 4. The van der Waals surface area contributed by atoms with Gasteiger partial charge in [-0.1, -0.05) is 20.8 Å². The summed E-state index contributed by atoms with van der Waals surface area (Å²) in [6, 6.07) is 5.40. The van der Waals surface area contributed by atoms with Crippen molar-refractivity contribution in [2.24, 2.45) is 5.92 Å². The Bertz CT molecular complexity index is 473. The van der Waals surface area contributed by atoms with Gasteiger partial charge >= 0.3 is 6.18 Å². The molecular formula is C14H17F3N2. The summed E-state index contributed by atoms with van der Waals surface area (Å²) in [5, 5.41) is 11.8. The molecule has 104 valence electrons. The van der Waals surface area contributed by atoms with E-state index >= 15 is 0 Å². The van der Waals surface area contributed by atoms with Crippen molar-refractivity contribution in [3.63, 3.8) is 0 Å². The predicted octanol–water partition coefficient (Wildman–Crippen LogP) is 4.42. The standard InChI is InChI=1S/C14H17F3N2/c1-4-13(9(2)3)19-11-6-5-10(8-18)12(7-11)14(15,16)17/h5-7,9,13,19H,4H2,1-3H3. The van der Waals surface area contributed by atoms with E-state index in [1.165, 1.54) is 12.1 Å². The first-order valence-electron chi connectivity index (χ1n) is 6.17. The van der Waals surface area contributed by atoms with Crippen LogP contribution in [0.1, 0.15) is 38.3 Å². The van der Waals surface area contributed by atoms with Gasteiger partial charge in [-0.3, -0.25) is 0 Å². The summed E-state index contributed by atoms with van der Waals surface area (Å²) >= 11 is 0. The van der Waals surface area contributed by atoms with Crippen LogP contribution in [0.3, 0.4) is 0 Å². The van der Waals surface area contributed by atoms with Crippen molar-refractivity contribution in [2.45, 2.75) is 39.4 Å². The summed E-state index contributed by atoms with van der Waals surface area (Å²) in [4.78, 5) is 0. The SMILES string of the molecule is CCC(Nc1ccc(C#N)c(C(F)(F)F)c1)C(C)C. The van der Waals surface area contributed by atoms with Crippen LogP contribution in [0.2, 0.25) is 0 Å². The highest BCUT2D eigenvalue weighted by Gasteiger charge is 2.34. The molecule has 1 N–H and O–H groups in total. The van der Waals surface area contributed by atoms with Gasteiger partial charge in [0.25, 0.3) is 0 Å². The van der Waals surface area contributed by atoms with Gasteiger partial charge in [-0.2, -0.15) is 18.4 Å². The normalized spacial score (nSPS) is 13.2. The van der Waals surface area contributed by atoms with Crippen LogP contribution in [-0.2, 0) is 6.18 Å². The molecule has 2 nitrogen and oxygen atoms in total. The summed E-state index contributed by atoms with van der Waals surface area (Å²) in [6.45, 7) is 6.00. The van der Waals surface area contributed by atoms with Crippen LogP contribution < -0.4 is 5.32 Å². The molecule has 19 heavy (non-hydrogen) atoms. The first kappa shape index (κ1) is 15.4. The Morgan fingerprint density at radius 3 is 2.37 bits per heavy atom. The molecule has 0 aliphatic rings. The molecule has 0 heterocycles. The highest BCUT2D eigenvalue weighted by atomic mass is 19.4. The van der Waals surface area contributed by atoms with Gasteiger partial charge in [-0.25, -0.2) is 0 Å². The number of alkyl halides is 3. The number of hydrogen-bond donors (Lipinski definition) is 1. The minimum absolute atomic E-state index is 0.106. The third kappa shape index (κ3) is 3.88. The molecule has 1 atom stereocenters. The molecule has 1 rings (SSSR count). The lowest BCUT2D eigenvalue weighted by Crippen LogP contribution is -2.24. The first-order valence-corrected chi connectivity index (χ1v) is 6.17. The lowest BCUT2D eigenvalue weighted by Gasteiger charge is -2.22. The Balaban J connectivity index is 3.09. The third-order valence-corrected chi connectivity index (χ3v) is 3.04. The summed E-state index contributed by atoms with van der Waals surface area (Å²) in [5.41, 5.74) is -0.846. The molecule has 0 amide bonds. The smallest absolute Gasteiger partial charge is 0.382 e. The van der Waals surface area contributed by atoms with Gasteiger partial charge in [0.05, 0.1) is 17.2 Å². The molecule has 0 saturated heterocycles. The van der Waals surface area contributed by atoms with Crippen molar-refractivity contribution in [3.05, 3.63) is 29.3 Å². The van der Waals surface area contributed by atoms with Crippen LogP contribution in [0.5, 0.6) is 0 Å². The zero-order chi connectivity index (χ0) is 14.6. The van der Waals surface area contributed by atoms with E-state index in [4.69, 9.17) is 5.26 Å². The summed E-state index contributed by atoms with van der Waals surface area (Å²) < 4.78 is 38.4. The van der Waals surface area contributed by atoms with Gasteiger partial charge in [0, 0.05) is 11.7 Å². The summed E-state index contributed by atoms with van der Waals surface area (Å²) in [6.07, 6.45) is -3.69. The van der Waals surface area contributed by atoms with E-state index in [0.29, 0.717) is 11.6 Å². The van der Waals surface area contributed by atoms with E-state index in [-0.39, 0.29) is 11.6 Å². The van der Waals surface area contributed by atoms with Crippen LogP contribution in [0.4, 0.5) is 18.9 Å². The molecule has 1 aromatic rings. The molecule has 0 bridgehead atoms. The first-order chi connectivity index (χ1) is 8.79. The molecule has 0 fully saturated rings. The fourth-order valence-electron chi connectivity index (χ4n) is 1.92. The Morgan fingerprint density at radius 1 is 1.32 bits per heavy atom. The van der Waals surface area contributed by atoms with Crippen LogP contribution in [-0.4, -0.2) is 6.04 Å². The van der Waals surface area contributed by atoms with E-state index in [9.17, 15) is 13.2 Å². The van der Waals surface area contributed by atoms with E-state index in [1.54, 1.807) is 6.07 Å². The van der Waals surface area contributed by atoms with Crippen LogP contribution in [0.25, 0.3) is 0 Å². The van der Waals surface area contributed by atoms with Crippen LogP contribution in [0, 0.1) is 17.2 Å². The number of benzene rings is 1. The molecule has 0 aliphatic heterocycles. The fraction of sp³-hybridized carbons (Fsp3) is 0.500. The van der Waals surface area contributed by atoms with Crippen molar-refractivity contribution in [1.82, 2.24) is 0 Å². The van der Waals surface area contributed by atoms with Gasteiger partial charge in [-0.05, 0) is 30.5 Å². The zero-order valence-corrected chi connectivity index (χ0v) is 11.2. The second-order valence-corrected chi connectivity index (χ2v) is 4.77. The molecule has 0 aromatic heterocycles. The molecule has 0 aliphatic carbocycles. The third-order valence-electron chi connectivity index (χ3n) is 3.04. The quantitative estimate of drug-likeness (QED) is 0.878. The van der Waals surface area contributed by atoms with Crippen molar-refractivity contribution < 1.29 is 13.2 Å². The predicted molar refractivity (Wildman–Crippen MR) is 68.7 cm³/mol. The minimum atomic E-state index is -4.51. The van der Waals surface area contributed by atoms with Crippen molar-refractivity contribution in [1.29, 1.82) is 5.26 Å². The molecule has 5 heteroatoms. The maximum absolute atomic E-state index is 12.8. The van der Waals surface area contributed by atoms with E-state index in [0.717, 1.165) is 12.5 Å². The Labute approximate surface area is 111 Å². The van der Waals surface area contributed by atoms with Gasteiger partial charge < -0.3 is 5.32 Å². The lowest BCUT2D eigenvalue weighted by molar-refractivity contribution is -0.137. The van der Waals surface area contributed by atoms with Gasteiger partial charge in [0.2, 0.25) is 0 Å². The Morgan fingerprint density at radius 2 is 1.95 bits per heavy atom. The number of nitrogens with zero attached hydrogens (tertiary/aromatic N) is 1. The monoisotopic (exact) mass is 270 g/mol. The van der Waals surface area contributed by atoms with Crippen molar-refractivity contribution in [3.8, 4) is 6.07 Å². The minimum Gasteiger partial charge on any atom is -0.382 e. The summed E-state index contributed by atoms with van der Waals surface area (Å²) in [5.74, 6) is 0.315. The second kappa shape index (κ2) is 5.96. The molecular weight excluding hydrogens is 253 g/mol. The number of nitrogens with one attached hydrogen (secondary N) is 1. The molecule has 0 saturated carbocycles. The topological polar surface area (TPSA) is 35.8 Å². The zero-order valence-electron chi connectivity index (χ0n) is 11.2. The lowest BCUT2D eigenvalue weighted by atomic mass is 10.0. The largest absolute Gasteiger partial charge is 0.417 e. The Hall–Kier alpha value is -1.70. The van der Waals surface area contributed by atoms with Crippen molar-refractivity contribution >= 4 is 5.69 Å². The van der Waals surface area contributed by atoms with Crippen LogP contribution >= 0.6 is 0 Å². The average molecular weight is 270 g/mol. The molecule has 1 unspecified atom stereocenters. The number of hydrogen-bond acceptors (Lipinski definition) is 2.